The van der Waals surface area contributed by atoms with Crippen LogP contribution in [0, 0.1) is 12.8 Å². The fraction of sp³-hybridized carbons (Fsp3) is 0.750. The first-order valence-electron chi connectivity index (χ1n) is 4.08. The molecule has 1 aliphatic rings. The average Bonchev–Trinajstić information content (AvgIpc) is 1.91. The molecular formula is C8H16Si. The maximum absolute atomic E-state index is 2.55. The van der Waals surface area contributed by atoms with Crippen molar-refractivity contribution in [3.63, 3.8) is 0 Å². The summed E-state index contributed by atoms with van der Waals surface area (Å²) in [5.74, 6) is 0. The van der Waals surface area contributed by atoms with E-state index in [-0.39, 0.29) is 9.52 Å². The Morgan fingerprint density at radius 2 is 2.44 bits per heavy atom. The summed E-state index contributed by atoms with van der Waals surface area (Å²) >= 11 is 0. The molecule has 0 heterocycles. The van der Waals surface area contributed by atoms with Crippen LogP contribution >= 0.6 is 0 Å². The van der Waals surface area contributed by atoms with Crippen molar-refractivity contribution in [3.05, 3.63) is 12.8 Å². The fourth-order valence-corrected chi connectivity index (χ4v) is 3.17. The largest absolute Gasteiger partial charge is 0.0683 e. The second-order valence-electron chi connectivity index (χ2n) is 2.89. The molecule has 1 atom stereocenters. The van der Waals surface area contributed by atoms with E-state index >= 15 is 0 Å². The van der Waals surface area contributed by atoms with Crippen LogP contribution in [0.1, 0.15) is 26.2 Å². The summed E-state index contributed by atoms with van der Waals surface area (Å²) in [6.07, 6.45) is 9.12. The standard InChI is InChI=1S/C8H16Si/c1-2-9-8-6-4-3-5-7-8/h4,7-8H,2-3,5-6,9H2,1H3. The molecule has 1 unspecified atom stereocenters. The summed E-state index contributed by atoms with van der Waals surface area (Å²) in [4.78, 5) is 0. The van der Waals surface area contributed by atoms with Crippen molar-refractivity contribution in [3.8, 4) is 0 Å². The van der Waals surface area contributed by atoms with Gasteiger partial charge in [0, 0.05) is 9.52 Å². The SMILES string of the molecule is CC[SiH2]C1[CH]CC[CH]C1. The van der Waals surface area contributed by atoms with E-state index in [1.807, 2.05) is 0 Å². The summed E-state index contributed by atoms with van der Waals surface area (Å²) < 4.78 is 0. The summed E-state index contributed by atoms with van der Waals surface area (Å²) in [7, 11) is 0.289. The molecule has 1 aliphatic carbocycles. The van der Waals surface area contributed by atoms with Crippen LogP contribution < -0.4 is 0 Å². The molecular weight excluding hydrogens is 124 g/mol. The lowest BCUT2D eigenvalue weighted by Gasteiger charge is -2.19. The second-order valence-corrected chi connectivity index (χ2v) is 5.51. The topological polar surface area (TPSA) is 0 Å². The van der Waals surface area contributed by atoms with Gasteiger partial charge in [0.05, 0.1) is 0 Å². The van der Waals surface area contributed by atoms with E-state index < -0.39 is 0 Å². The molecule has 0 saturated heterocycles. The van der Waals surface area contributed by atoms with Crippen molar-refractivity contribution in [2.45, 2.75) is 37.8 Å². The summed E-state index contributed by atoms with van der Waals surface area (Å²) in [5, 5.41) is 0. The highest BCUT2D eigenvalue weighted by Gasteiger charge is 2.11. The monoisotopic (exact) mass is 140 g/mol. The Kier molecular flexibility index (Phi) is 3.34. The fourth-order valence-electron chi connectivity index (χ4n) is 1.48. The van der Waals surface area contributed by atoms with Crippen LogP contribution in [0.15, 0.2) is 0 Å². The molecule has 2 radical (unpaired) electrons. The van der Waals surface area contributed by atoms with Crippen LogP contribution in [-0.2, 0) is 0 Å². The Bertz CT molecular complexity index is 62.2. The highest BCUT2D eigenvalue weighted by atomic mass is 28.2. The first kappa shape index (κ1) is 7.33. The molecule has 1 heteroatoms. The number of rotatable bonds is 2. The second kappa shape index (κ2) is 4.10. The van der Waals surface area contributed by atoms with Crippen molar-refractivity contribution in [2.24, 2.45) is 0 Å². The van der Waals surface area contributed by atoms with Crippen LogP contribution in [0.5, 0.6) is 0 Å². The van der Waals surface area contributed by atoms with Gasteiger partial charge in [0.2, 0.25) is 0 Å². The predicted molar refractivity (Wildman–Crippen MR) is 45.2 cm³/mol. The summed E-state index contributed by atoms with van der Waals surface area (Å²) in [6, 6.07) is 1.48. The first-order chi connectivity index (χ1) is 4.43. The normalized spacial score (nSPS) is 23.7. The Labute approximate surface area is 60.9 Å². The van der Waals surface area contributed by atoms with Crippen LogP contribution in [0.3, 0.4) is 0 Å². The van der Waals surface area contributed by atoms with Gasteiger partial charge in [-0.15, -0.1) is 0 Å². The third kappa shape index (κ3) is 2.52. The molecule has 0 aromatic heterocycles. The van der Waals surface area contributed by atoms with E-state index in [2.05, 4.69) is 19.8 Å². The molecule has 0 aromatic rings. The van der Waals surface area contributed by atoms with Gasteiger partial charge in [0.15, 0.2) is 0 Å². The third-order valence-corrected chi connectivity index (χ3v) is 3.99. The highest BCUT2D eigenvalue weighted by Crippen LogP contribution is 2.26. The Balaban J connectivity index is 2.08. The number of hydrogen-bond acceptors (Lipinski definition) is 0. The zero-order valence-electron chi connectivity index (χ0n) is 6.27. The molecule has 9 heavy (non-hydrogen) atoms. The zero-order valence-corrected chi connectivity index (χ0v) is 7.68. The lowest BCUT2D eigenvalue weighted by molar-refractivity contribution is 0.706. The van der Waals surface area contributed by atoms with Gasteiger partial charge < -0.3 is 0 Å². The van der Waals surface area contributed by atoms with Crippen LogP contribution in [0.25, 0.3) is 0 Å². The maximum Gasteiger partial charge on any atom is 0.0233 e. The highest BCUT2D eigenvalue weighted by molar-refractivity contribution is 6.38. The van der Waals surface area contributed by atoms with E-state index in [0.717, 1.165) is 5.54 Å². The Morgan fingerprint density at radius 1 is 1.56 bits per heavy atom. The molecule has 0 nitrogen and oxygen atoms in total. The molecule has 1 saturated carbocycles. The molecule has 52 valence electrons. The average molecular weight is 140 g/mol. The van der Waals surface area contributed by atoms with Crippen LogP contribution in [0.2, 0.25) is 11.6 Å². The Morgan fingerprint density at radius 3 is 3.00 bits per heavy atom. The van der Waals surface area contributed by atoms with E-state index in [1.165, 1.54) is 25.3 Å². The van der Waals surface area contributed by atoms with Crippen molar-refractivity contribution in [1.82, 2.24) is 0 Å². The van der Waals surface area contributed by atoms with Crippen molar-refractivity contribution in [1.29, 1.82) is 0 Å². The van der Waals surface area contributed by atoms with Crippen molar-refractivity contribution >= 4 is 9.52 Å². The lowest BCUT2D eigenvalue weighted by Crippen LogP contribution is -2.07. The van der Waals surface area contributed by atoms with Gasteiger partial charge in [-0.1, -0.05) is 13.0 Å². The minimum absolute atomic E-state index is 0.289. The van der Waals surface area contributed by atoms with Gasteiger partial charge in [0.25, 0.3) is 0 Å². The predicted octanol–water partition coefficient (Wildman–Crippen LogP) is 1.97. The van der Waals surface area contributed by atoms with Crippen molar-refractivity contribution < 1.29 is 0 Å². The quantitative estimate of drug-likeness (QED) is 0.514. The van der Waals surface area contributed by atoms with Crippen LogP contribution in [0.4, 0.5) is 0 Å². The van der Waals surface area contributed by atoms with E-state index in [9.17, 15) is 0 Å². The van der Waals surface area contributed by atoms with Gasteiger partial charge in [-0.2, -0.15) is 0 Å². The van der Waals surface area contributed by atoms with Gasteiger partial charge >= 0.3 is 0 Å². The van der Waals surface area contributed by atoms with E-state index in [4.69, 9.17) is 0 Å². The molecule has 0 spiro atoms. The first-order valence-corrected chi connectivity index (χ1v) is 5.90. The van der Waals surface area contributed by atoms with Crippen LogP contribution in [-0.4, -0.2) is 9.52 Å². The molecule has 0 amide bonds. The maximum atomic E-state index is 2.55. The summed E-state index contributed by atoms with van der Waals surface area (Å²) in [6.45, 7) is 2.33. The van der Waals surface area contributed by atoms with Gasteiger partial charge in [-0.05, 0) is 37.6 Å². The molecule has 1 rings (SSSR count). The minimum Gasteiger partial charge on any atom is -0.0683 e. The minimum atomic E-state index is 0.289. The molecule has 1 fully saturated rings. The van der Waals surface area contributed by atoms with E-state index in [0.29, 0.717) is 0 Å². The molecule has 0 aromatic carbocycles. The molecule has 0 bridgehead atoms. The third-order valence-electron chi connectivity index (χ3n) is 2.00. The lowest BCUT2D eigenvalue weighted by atomic mass is 10.0. The van der Waals surface area contributed by atoms with Gasteiger partial charge in [-0.25, -0.2) is 0 Å². The van der Waals surface area contributed by atoms with E-state index in [1.54, 1.807) is 0 Å². The zero-order chi connectivity index (χ0) is 6.53. The molecule has 0 N–H and O–H groups in total. The van der Waals surface area contributed by atoms with Gasteiger partial charge in [0.1, 0.15) is 0 Å². The van der Waals surface area contributed by atoms with Gasteiger partial charge in [-0.3, -0.25) is 0 Å². The number of hydrogen-bond donors (Lipinski definition) is 0. The smallest absolute Gasteiger partial charge is 0.0233 e. The summed E-state index contributed by atoms with van der Waals surface area (Å²) in [5.41, 5.74) is 1.06. The Hall–Kier alpha value is 0.217. The molecule has 0 aliphatic heterocycles. The van der Waals surface area contributed by atoms with Crippen molar-refractivity contribution in [2.75, 3.05) is 0 Å².